The summed E-state index contributed by atoms with van der Waals surface area (Å²) in [6, 6.07) is 1.11. The predicted molar refractivity (Wildman–Crippen MR) is 416 cm³/mol. The first kappa shape index (κ1) is 95.9. The molecule has 2 rings (SSSR count). The molecule has 2 aliphatic carbocycles. The van der Waals surface area contributed by atoms with E-state index in [1.807, 2.05) is 0 Å². The fraction of sp³-hybridized carbons (Fsp3) is 0.849. The average Bonchev–Trinajstić information content (AvgIpc) is 0.794. The van der Waals surface area contributed by atoms with Crippen molar-refractivity contribution < 1.29 is 107 Å². The van der Waals surface area contributed by atoms with Crippen LogP contribution in [0.2, 0.25) is 104 Å². The zero-order valence-electron chi connectivity index (χ0n) is 68.1. The van der Waals surface area contributed by atoms with Crippen molar-refractivity contribution >= 4 is 92.8 Å². The van der Waals surface area contributed by atoms with Gasteiger partial charge < -0.3 is 83.9 Å². The molecule has 4 unspecified atom stereocenters. The van der Waals surface area contributed by atoms with Gasteiger partial charge in [0.05, 0.1) is 58.3 Å². The van der Waals surface area contributed by atoms with Crippen molar-refractivity contribution in [3.8, 4) is 0 Å². The maximum Gasteiger partial charge on any atom is 0.508 e. The Morgan fingerprint density at radius 3 is 1.36 bits per heavy atom. The maximum atomic E-state index is 14.4. The molecule has 0 aliphatic heterocycles. The third-order valence-electron chi connectivity index (χ3n) is 17.0. The van der Waals surface area contributed by atoms with Gasteiger partial charge in [-0.15, -0.1) is 0 Å². The first-order chi connectivity index (χ1) is 48.0. The van der Waals surface area contributed by atoms with E-state index in [0.29, 0.717) is 95.3 Å². The number of carbonyl (C=O) groups excluding carboxylic acids is 7. The zero-order valence-corrected chi connectivity index (χ0v) is 74.1. The zero-order chi connectivity index (χ0) is 78.8. The number of allylic oxidation sites excluding steroid dienone is 1. The number of alkyl carbamates (subject to hydrolysis) is 2. The summed E-state index contributed by atoms with van der Waals surface area (Å²) in [6.07, 6.45) is 7.67. The Hall–Kier alpha value is -4.17. The van der Waals surface area contributed by atoms with Gasteiger partial charge in [-0.25, -0.2) is 19.2 Å². The molecule has 104 heavy (non-hydrogen) atoms. The first-order valence-corrected chi connectivity index (χ1v) is 56.5. The summed E-state index contributed by atoms with van der Waals surface area (Å²) in [5.41, 5.74) is -2.25. The fourth-order valence-electron chi connectivity index (χ4n) is 14.5. The van der Waals surface area contributed by atoms with E-state index in [1.54, 1.807) is 6.92 Å². The van der Waals surface area contributed by atoms with Gasteiger partial charge >= 0.3 is 59.5 Å². The monoisotopic (exact) mass is 1580 g/mol. The molecule has 0 saturated heterocycles. The van der Waals surface area contributed by atoms with E-state index in [-0.39, 0.29) is 163 Å². The molecule has 2 N–H and O–H groups in total. The minimum atomic E-state index is -2.63. The minimum absolute atomic E-state index is 0.0131. The van der Waals surface area contributed by atoms with E-state index >= 15 is 0 Å². The van der Waals surface area contributed by atoms with Gasteiger partial charge in [0.1, 0.15) is 32.2 Å². The molecule has 4 atom stereocenters. The van der Waals surface area contributed by atoms with Crippen molar-refractivity contribution in [1.29, 1.82) is 0 Å². The highest BCUT2D eigenvalue weighted by Gasteiger charge is 2.46. The van der Waals surface area contributed by atoms with E-state index in [9.17, 15) is 33.6 Å². The lowest BCUT2D eigenvalue weighted by Crippen LogP contribution is -2.52. The number of rotatable bonds is 52. The lowest BCUT2D eigenvalue weighted by atomic mass is 9.60. The molecule has 2 aliphatic rings. The highest BCUT2D eigenvalue weighted by atomic mass is 28.5. The Morgan fingerprint density at radius 2 is 0.875 bits per heavy atom. The van der Waals surface area contributed by atoms with E-state index in [4.69, 9.17) is 73.3 Å². The Labute approximate surface area is 631 Å². The molecule has 0 radical (unpaired) electrons. The van der Waals surface area contributed by atoms with Gasteiger partial charge in [0, 0.05) is 57.9 Å². The quantitative estimate of drug-likeness (QED) is 0.0143. The van der Waals surface area contributed by atoms with Crippen molar-refractivity contribution in [1.82, 2.24) is 10.6 Å². The predicted octanol–water partition coefficient (Wildman–Crippen LogP) is 16.4. The summed E-state index contributed by atoms with van der Waals surface area (Å²) in [6.45, 7) is 53.8. The maximum absolute atomic E-state index is 14.4. The topological polar surface area (TPSA) is 291 Å². The third-order valence-corrected chi connectivity index (χ3v) is 36.3. The lowest BCUT2D eigenvalue weighted by molar-refractivity contribution is -0.147. The molecule has 0 aromatic heterocycles. The van der Waals surface area contributed by atoms with Crippen LogP contribution in [0.15, 0.2) is 25.0 Å². The number of hydrogen-bond donors (Lipinski definition) is 2. The summed E-state index contributed by atoms with van der Waals surface area (Å²) in [5.74, 6) is -0.543. The standard InChI is InChI=1S/C73H140N2O23Si6/c1-24-59(3)85-43-44-88-64(78)47-60-48-69(4,5)53-72(9,49-60)54-74-65(79)93-57-73(55-83-35-31-45-103(22,95-99(10,11)12)96-100(13,14)15,56-84-36-32-46-104(23,97-101(16,17)18)98-102(19,20)21)58-94-66(80)75-61-50-70(6,7)52-71(8,51-61)34-33-63(77)87-37-27-26-28-38-89-67(81)91-41-30-42-92-68(82)90-40-29-39-86-62(76)25-2/h24,60-61H,1,3,25-58H2,2,4-23H3,(H,74,79)(H,75,80). The number of esters is 3. The molecule has 2 amide bonds. The second-order valence-electron chi connectivity index (χ2n) is 35.2. The van der Waals surface area contributed by atoms with Crippen molar-refractivity contribution in [2.24, 2.45) is 33.0 Å². The molecule has 0 aromatic carbocycles. The van der Waals surface area contributed by atoms with Gasteiger partial charge in [0.2, 0.25) is 0 Å². The molecule has 604 valence electrons. The van der Waals surface area contributed by atoms with Crippen LogP contribution in [-0.4, -0.2) is 198 Å². The van der Waals surface area contributed by atoms with E-state index in [1.165, 1.54) is 6.08 Å². The average molecular weight is 1580 g/mol. The van der Waals surface area contributed by atoms with Crippen LogP contribution < -0.4 is 10.6 Å². The molecule has 31 heteroatoms. The van der Waals surface area contributed by atoms with E-state index in [2.05, 4.69) is 157 Å². The van der Waals surface area contributed by atoms with Gasteiger partial charge in [-0.1, -0.05) is 61.6 Å². The molecular formula is C73H140N2O23Si6. The largest absolute Gasteiger partial charge is 0.508 e. The van der Waals surface area contributed by atoms with Crippen LogP contribution >= 0.6 is 0 Å². The molecule has 0 aromatic rings. The summed E-state index contributed by atoms with van der Waals surface area (Å²) >= 11 is 0. The van der Waals surface area contributed by atoms with Crippen molar-refractivity contribution in [3.63, 3.8) is 0 Å². The minimum Gasteiger partial charge on any atom is -0.491 e. The first-order valence-electron chi connectivity index (χ1n) is 37.8. The number of ether oxygens (including phenoxy) is 12. The van der Waals surface area contributed by atoms with Crippen molar-refractivity contribution in [2.45, 2.75) is 267 Å². The van der Waals surface area contributed by atoms with Crippen molar-refractivity contribution in [3.05, 3.63) is 25.0 Å². The van der Waals surface area contributed by atoms with Crippen LogP contribution in [0.1, 0.15) is 158 Å². The Balaban J connectivity index is 2.27. The van der Waals surface area contributed by atoms with Gasteiger partial charge in [-0.3, -0.25) is 14.4 Å². The summed E-state index contributed by atoms with van der Waals surface area (Å²) in [5, 5.41) is 6.27. The molecular weight excluding hydrogens is 1440 g/mol. The molecule has 0 spiro atoms. The summed E-state index contributed by atoms with van der Waals surface area (Å²) in [4.78, 5) is 89.9. The highest BCUT2D eigenvalue weighted by Crippen LogP contribution is 2.50. The molecule has 2 saturated carbocycles. The van der Waals surface area contributed by atoms with Crippen LogP contribution in [0, 0.1) is 33.0 Å². The van der Waals surface area contributed by atoms with E-state index < -0.39 is 80.3 Å². The summed E-state index contributed by atoms with van der Waals surface area (Å²) < 4.78 is 94.7. The molecule has 0 bridgehead atoms. The molecule has 0 heterocycles. The van der Waals surface area contributed by atoms with Crippen LogP contribution in [0.4, 0.5) is 19.2 Å². The van der Waals surface area contributed by atoms with Gasteiger partial charge in [-0.05, 0) is 214 Å². The van der Waals surface area contributed by atoms with Gasteiger partial charge in [0.15, 0.2) is 33.3 Å². The van der Waals surface area contributed by atoms with Crippen LogP contribution in [0.25, 0.3) is 0 Å². The highest BCUT2D eigenvalue weighted by molar-refractivity contribution is 6.88. The lowest BCUT2D eigenvalue weighted by Gasteiger charge is -2.47. The second kappa shape index (κ2) is 45.1. The smallest absolute Gasteiger partial charge is 0.491 e. The van der Waals surface area contributed by atoms with Crippen LogP contribution in [0.5, 0.6) is 0 Å². The number of nitrogens with one attached hydrogen (secondary N) is 2. The second-order valence-corrected chi connectivity index (χ2v) is 60.9. The Kier molecular flexibility index (Phi) is 41.6. The number of carbonyl (C=O) groups is 7. The van der Waals surface area contributed by atoms with Crippen LogP contribution in [0.3, 0.4) is 0 Å². The Bertz CT molecular complexity index is 2560. The SMILES string of the molecule is C=CC(=C)OCCOC(=O)CC1CC(C)(C)CC(C)(CNC(=O)OCC(COCCC[Si](C)(O[Si](C)(C)C)O[Si](C)(C)C)(COCCC[Si](C)(O[Si](C)(C)C)O[Si](C)(C)C)COC(=O)NC2CC(C)(C)CC(C)(CCC(=O)OCCCCCOC(=O)OCCCOC(=O)OCCCOC(=O)CC)C2)C1. The Morgan fingerprint density at radius 1 is 0.452 bits per heavy atom. The molecule has 2 fully saturated rings. The van der Waals surface area contributed by atoms with Gasteiger partial charge in [0.25, 0.3) is 0 Å². The number of amides is 2. The fourth-order valence-corrected chi connectivity index (χ4v) is 39.5. The van der Waals surface area contributed by atoms with Gasteiger partial charge in [-0.2, -0.15) is 0 Å². The van der Waals surface area contributed by atoms with E-state index in [0.717, 1.165) is 19.3 Å². The van der Waals surface area contributed by atoms with Crippen molar-refractivity contribution in [2.75, 3.05) is 99.0 Å². The normalized spacial score (nSPS) is 19.3. The summed E-state index contributed by atoms with van der Waals surface area (Å²) in [7, 11) is -13.2. The third kappa shape index (κ3) is 46.2. The number of unbranched alkanes of at least 4 members (excludes halogenated alkanes) is 2. The van der Waals surface area contributed by atoms with Crippen LogP contribution in [-0.2, 0) is 87.7 Å². The molecule has 25 nitrogen and oxygen atoms in total. The number of hydrogen-bond acceptors (Lipinski definition) is 23.